The summed E-state index contributed by atoms with van der Waals surface area (Å²) in [6, 6.07) is -0.0610. The van der Waals surface area contributed by atoms with Crippen LogP contribution >= 0.6 is 11.3 Å². The molecule has 0 bridgehead atoms. The van der Waals surface area contributed by atoms with Gasteiger partial charge in [-0.25, -0.2) is 15.0 Å². The van der Waals surface area contributed by atoms with E-state index in [1.54, 1.807) is 17.7 Å². The summed E-state index contributed by atoms with van der Waals surface area (Å²) in [5.41, 5.74) is 3.81. The van der Waals surface area contributed by atoms with Crippen LogP contribution < -0.4 is 10.2 Å². The van der Waals surface area contributed by atoms with Crippen molar-refractivity contribution in [1.29, 1.82) is 0 Å². The first-order valence-electron chi connectivity index (χ1n) is 10.1. The Bertz CT molecular complexity index is 1010. The zero-order chi connectivity index (χ0) is 19.1. The number of thiophene rings is 1. The lowest BCUT2D eigenvalue weighted by Crippen LogP contribution is -2.37. The summed E-state index contributed by atoms with van der Waals surface area (Å²) in [6.07, 6.45) is 6.21. The molecule has 1 aliphatic heterocycles. The molecule has 0 spiro atoms. The van der Waals surface area contributed by atoms with E-state index in [1.165, 1.54) is 29.4 Å². The molecule has 3 aromatic rings. The largest absolute Gasteiger partial charge is 0.394 e. The first-order chi connectivity index (χ1) is 13.8. The van der Waals surface area contributed by atoms with Crippen LogP contribution in [0.2, 0.25) is 0 Å². The van der Waals surface area contributed by atoms with E-state index in [4.69, 9.17) is 9.72 Å². The number of hydrogen-bond donors (Lipinski definition) is 2. The van der Waals surface area contributed by atoms with Crippen molar-refractivity contribution < 1.29 is 9.84 Å². The lowest BCUT2D eigenvalue weighted by Gasteiger charge is -2.31. The Balaban J connectivity index is 1.72. The van der Waals surface area contributed by atoms with Crippen LogP contribution in [-0.4, -0.2) is 59.0 Å². The number of fused-ring (bicyclic) bond motifs is 5. The molecule has 0 saturated carbocycles. The van der Waals surface area contributed by atoms with E-state index < -0.39 is 0 Å². The van der Waals surface area contributed by atoms with Gasteiger partial charge in [0.15, 0.2) is 0 Å². The van der Waals surface area contributed by atoms with Gasteiger partial charge < -0.3 is 20.1 Å². The first kappa shape index (κ1) is 18.0. The Morgan fingerprint density at radius 1 is 1.21 bits per heavy atom. The Morgan fingerprint density at radius 2 is 2.00 bits per heavy atom. The number of rotatable bonds is 4. The number of aliphatic hydroxyl groups is 1. The van der Waals surface area contributed by atoms with Crippen LogP contribution in [0.25, 0.3) is 20.4 Å². The molecule has 5 rings (SSSR count). The Labute approximate surface area is 167 Å². The molecule has 0 unspecified atom stereocenters. The van der Waals surface area contributed by atoms with E-state index in [1.807, 2.05) is 6.92 Å². The van der Waals surface area contributed by atoms with Gasteiger partial charge in [0.05, 0.1) is 30.0 Å². The summed E-state index contributed by atoms with van der Waals surface area (Å²) in [5, 5.41) is 13.9. The molecule has 2 aliphatic rings. The van der Waals surface area contributed by atoms with Crippen LogP contribution in [0.5, 0.6) is 0 Å². The summed E-state index contributed by atoms with van der Waals surface area (Å²) < 4.78 is 6.58. The molecule has 1 saturated heterocycles. The van der Waals surface area contributed by atoms with Crippen LogP contribution in [0.4, 0.5) is 11.6 Å². The normalized spacial score (nSPS) is 18.4. The molecule has 3 aromatic heterocycles. The van der Waals surface area contributed by atoms with E-state index in [0.717, 1.165) is 65.8 Å². The molecule has 0 radical (unpaired) electrons. The molecule has 1 aliphatic carbocycles. The van der Waals surface area contributed by atoms with E-state index >= 15 is 0 Å². The predicted molar refractivity (Wildman–Crippen MR) is 113 cm³/mol. The van der Waals surface area contributed by atoms with Crippen LogP contribution in [0.15, 0.2) is 6.33 Å². The number of morpholine rings is 1. The van der Waals surface area contributed by atoms with E-state index in [9.17, 15) is 5.11 Å². The molecular weight excluding hydrogens is 374 g/mol. The number of pyridine rings is 1. The second-order valence-corrected chi connectivity index (χ2v) is 8.61. The van der Waals surface area contributed by atoms with Crippen molar-refractivity contribution in [1.82, 2.24) is 15.0 Å². The molecule has 4 heterocycles. The monoisotopic (exact) mass is 399 g/mol. The smallest absolute Gasteiger partial charge is 0.147 e. The summed E-state index contributed by atoms with van der Waals surface area (Å²) in [5.74, 6) is 1.93. The zero-order valence-electron chi connectivity index (χ0n) is 16.1. The highest BCUT2D eigenvalue weighted by Crippen LogP contribution is 2.42. The third-order valence-electron chi connectivity index (χ3n) is 5.67. The van der Waals surface area contributed by atoms with Gasteiger partial charge in [-0.05, 0) is 43.7 Å². The van der Waals surface area contributed by atoms with Crippen molar-refractivity contribution in [3.05, 3.63) is 17.5 Å². The summed E-state index contributed by atoms with van der Waals surface area (Å²) in [4.78, 5) is 17.6. The number of ether oxygens (including phenoxy) is 1. The van der Waals surface area contributed by atoms with E-state index in [-0.39, 0.29) is 12.6 Å². The fourth-order valence-electron chi connectivity index (χ4n) is 4.26. The lowest BCUT2D eigenvalue weighted by atomic mass is 9.90. The highest BCUT2D eigenvalue weighted by molar-refractivity contribution is 7.26. The molecule has 8 heteroatoms. The van der Waals surface area contributed by atoms with Crippen molar-refractivity contribution >= 4 is 43.4 Å². The third-order valence-corrected chi connectivity index (χ3v) is 6.75. The van der Waals surface area contributed by atoms with Crippen molar-refractivity contribution in [2.45, 2.75) is 38.6 Å². The number of hydrogen-bond acceptors (Lipinski definition) is 8. The maximum absolute atomic E-state index is 9.42. The second kappa shape index (κ2) is 7.42. The van der Waals surface area contributed by atoms with Gasteiger partial charge in [-0.3, -0.25) is 0 Å². The van der Waals surface area contributed by atoms with Gasteiger partial charge in [0.25, 0.3) is 0 Å². The van der Waals surface area contributed by atoms with Crippen LogP contribution in [0, 0.1) is 0 Å². The van der Waals surface area contributed by atoms with Crippen molar-refractivity contribution in [2.75, 3.05) is 43.1 Å². The van der Waals surface area contributed by atoms with Gasteiger partial charge in [0.2, 0.25) is 0 Å². The molecule has 1 fully saturated rings. The molecule has 1 atom stereocenters. The minimum atomic E-state index is -0.0610. The summed E-state index contributed by atoms with van der Waals surface area (Å²) in [7, 11) is 0. The number of anilines is 2. The minimum Gasteiger partial charge on any atom is -0.394 e. The maximum atomic E-state index is 9.42. The molecule has 0 aromatic carbocycles. The zero-order valence-corrected chi connectivity index (χ0v) is 16.9. The van der Waals surface area contributed by atoms with Crippen molar-refractivity contribution in [3.8, 4) is 0 Å². The standard InChI is InChI=1S/C20H25N5O2S/c1-12(10-26)23-18-17-16(21-11-22-18)15-13-4-2-3-5-14(13)19(24-20(15)28-17)25-6-8-27-9-7-25/h11-12,26H,2-10H2,1H3,(H,21,22,23)/t12-/m1/s1. The number of nitrogens with one attached hydrogen (secondary N) is 1. The number of aliphatic hydroxyl groups excluding tert-OH is 1. The predicted octanol–water partition coefficient (Wildman–Crippen LogP) is 2.75. The Morgan fingerprint density at radius 3 is 2.79 bits per heavy atom. The number of nitrogens with zero attached hydrogens (tertiary/aromatic N) is 4. The molecule has 148 valence electrons. The summed E-state index contributed by atoms with van der Waals surface area (Å²) >= 11 is 1.65. The number of aryl methyl sites for hydroxylation is 1. The Kier molecular flexibility index (Phi) is 4.78. The van der Waals surface area contributed by atoms with Crippen LogP contribution in [-0.2, 0) is 17.6 Å². The van der Waals surface area contributed by atoms with Gasteiger partial charge >= 0.3 is 0 Å². The molecule has 2 N–H and O–H groups in total. The molecule has 28 heavy (non-hydrogen) atoms. The van der Waals surface area contributed by atoms with Crippen LogP contribution in [0.3, 0.4) is 0 Å². The molecular formula is C20H25N5O2S. The van der Waals surface area contributed by atoms with Gasteiger partial charge in [0.1, 0.15) is 22.8 Å². The average Bonchev–Trinajstić information content (AvgIpc) is 3.13. The quantitative estimate of drug-likeness (QED) is 0.698. The van der Waals surface area contributed by atoms with Crippen LogP contribution in [0.1, 0.15) is 30.9 Å². The third kappa shape index (κ3) is 3.00. The number of aromatic nitrogens is 3. The average molecular weight is 400 g/mol. The topological polar surface area (TPSA) is 83.4 Å². The fraction of sp³-hybridized carbons (Fsp3) is 0.550. The van der Waals surface area contributed by atoms with E-state index in [0.29, 0.717) is 0 Å². The van der Waals surface area contributed by atoms with Gasteiger partial charge in [-0.15, -0.1) is 11.3 Å². The van der Waals surface area contributed by atoms with E-state index in [2.05, 4.69) is 20.2 Å². The Hall–Kier alpha value is -2.03. The maximum Gasteiger partial charge on any atom is 0.147 e. The SMILES string of the molecule is C[C@H](CO)Nc1ncnc2c1sc1nc(N3CCOCC3)c3c(c12)CCCC3. The summed E-state index contributed by atoms with van der Waals surface area (Å²) in [6.45, 7) is 5.33. The fourth-order valence-corrected chi connectivity index (χ4v) is 5.37. The van der Waals surface area contributed by atoms with Gasteiger partial charge in [0, 0.05) is 24.5 Å². The highest BCUT2D eigenvalue weighted by atomic mass is 32.1. The van der Waals surface area contributed by atoms with Gasteiger partial charge in [-0.1, -0.05) is 0 Å². The first-order valence-corrected chi connectivity index (χ1v) is 10.9. The highest BCUT2D eigenvalue weighted by Gasteiger charge is 2.26. The van der Waals surface area contributed by atoms with Crippen molar-refractivity contribution in [3.63, 3.8) is 0 Å². The van der Waals surface area contributed by atoms with Gasteiger partial charge in [-0.2, -0.15) is 0 Å². The minimum absolute atomic E-state index is 0.0607. The molecule has 0 amide bonds. The molecule has 7 nitrogen and oxygen atoms in total. The second-order valence-electron chi connectivity index (χ2n) is 7.61. The lowest BCUT2D eigenvalue weighted by molar-refractivity contribution is 0.122. The van der Waals surface area contributed by atoms with Crippen molar-refractivity contribution in [2.24, 2.45) is 0 Å².